The van der Waals surface area contributed by atoms with Crippen LogP contribution in [0.3, 0.4) is 0 Å². The van der Waals surface area contributed by atoms with E-state index in [1.54, 1.807) is 6.07 Å². The Morgan fingerprint density at radius 3 is 2.24 bits per heavy atom. The number of halogens is 3. The molecule has 0 atom stereocenters. The quantitative estimate of drug-likeness (QED) is 0.731. The maximum atomic E-state index is 12.6. The minimum absolute atomic E-state index is 0.103. The molecule has 0 radical (unpaired) electrons. The zero-order valence-corrected chi connectivity index (χ0v) is 13.0. The molecule has 0 aliphatic rings. The maximum Gasteiger partial charge on any atom is 0.416 e. The van der Waals surface area contributed by atoms with E-state index < -0.39 is 11.7 Å². The van der Waals surface area contributed by atoms with Gasteiger partial charge in [0.2, 0.25) is 0 Å². The molecule has 1 heterocycles. The van der Waals surface area contributed by atoms with Gasteiger partial charge in [-0.3, -0.25) is 4.79 Å². The van der Waals surface area contributed by atoms with Gasteiger partial charge >= 0.3 is 6.18 Å². The van der Waals surface area contributed by atoms with Gasteiger partial charge in [-0.1, -0.05) is 42.5 Å². The van der Waals surface area contributed by atoms with Gasteiger partial charge in [-0.25, -0.2) is 0 Å². The summed E-state index contributed by atoms with van der Waals surface area (Å²) in [6.45, 7) is 0.357. The summed E-state index contributed by atoms with van der Waals surface area (Å²) in [6.07, 6.45) is -4.38. The van der Waals surface area contributed by atoms with Gasteiger partial charge in [0, 0.05) is 12.1 Å². The Hall–Kier alpha value is -3.02. The summed E-state index contributed by atoms with van der Waals surface area (Å²) >= 11 is 0. The summed E-state index contributed by atoms with van der Waals surface area (Å²) in [5, 5.41) is 2.73. The van der Waals surface area contributed by atoms with E-state index in [1.807, 2.05) is 30.3 Å². The molecule has 3 aromatic rings. The minimum Gasteiger partial charge on any atom is -0.451 e. The van der Waals surface area contributed by atoms with Crippen molar-refractivity contribution >= 4 is 5.91 Å². The van der Waals surface area contributed by atoms with Crippen LogP contribution in [-0.2, 0) is 12.7 Å². The van der Waals surface area contributed by atoms with Crippen LogP contribution < -0.4 is 5.32 Å². The zero-order valence-electron chi connectivity index (χ0n) is 13.0. The Labute approximate surface area is 142 Å². The highest BCUT2D eigenvalue weighted by Crippen LogP contribution is 2.31. The number of carbonyl (C=O) groups excluding carboxylic acids is 1. The molecule has 128 valence electrons. The molecule has 0 aliphatic carbocycles. The van der Waals surface area contributed by atoms with Crippen LogP contribution in [0.5, 0.6) is 0 Å². The molecular weight excluding hydrogens is 331 g/mol. The predicted molar refractivity (Wildman–Crippen MR) is 86.8 cm³/mol. The zero-order chi connectivity index (χ0) is 17.9. The minimum atomic E-state index is -4.38. The molecule has 0 spiro atoms. The molecule has 1 N–H and O–H groups in total. The number of furan rings is 1. The molecule has 1 amide bonds. The van der Waals surface area contributed by atoms with Crippen molar-refractivity contribution in [2.75, 3.05) is 0 Å². The summed E-state index contributed by atoms with van der Waals surface area (Å²) in [7, 11) is 0. The van der Waals surface area contributed by atoms with Gasteiger partial charge in [-0.05, 0) is 29.8 Å². The number of hydrogen-bond donors (Lipinski definition) is 1. The van der Waals surface area contributed by atoms with Crippen molar-refractivity contribution in [1.29, 1.82) is 0 Å². The highest BCUT2D eigenvalue weighted by atomic mass is 19.4. The van der Waals surface area contributed by atoms with Crippen molar-refractivity contribution < 1.29 is 22.4 Å². The average Bonchev–Trinajstić information content (AvgIpc) is 3.10. The van der Waals surface area contributed by atoms with Crippen LogP contribution in [0.2, 0.25) is 0 Å². The molecule has 3 rings (SSSR count). The third-order valence-corrected chi connectivity index (χ3v) is 3.62. The number of carbonyl (C=O) groups is 1. The molecule has 0 unspecified atom stereocenters. The molecule has 3 nitrogen and oxygen atoms in total. The second kappa shape index (κ2) is 6.84. The lowest BCUT2D eigenvalue weighted by Crippen LogP contribution is -2.22. The summed E-state index contributed by atoms with van der Waals surface area (Å²) in [4.78, 5) is 12.1. The normalized spacial score (nSPS) is 11.3. The Kier molecular flexibility index (Phi) is 4.61. The highest BCUT2D eigenvalue weighted by molar-refractivity contribution is 5.92. The molecule has 0 fully saturated rings. The van der Waals surface area contributed by atoms with Crippen molar-refractivity contribution in [1.82, 2.24) is 5.32 Å². The fraction of sp³-hybridized carbons (Fsp3) is 0.105. The fourth-order valence-electron chi connectivity index (χ4n) is 2.30. The van der Waals surface area contributed by atoms with Crippen LogP contribution in [0.4, 0.5) is 13.2 Å². The molecule has 0 saturated carbocycles. The first kappa shape index (κ1) is 16.8. The van der Waals surface area contributed by atoms with Crippen molar-refractivity contribution in [3.63, 3.8) is 0 Å². The number of alkyl halides is 3. The van der Waals surface area contributed by atoms with E-state index in [2.05, 4.69) is 5.32 Å². The smallest absolute Gasteiger partial charge is 0.416 e. The van der Waals surface area contributed by atoms with Crippen LogP contribution >= 0.6 is 0 Å². The van der Waals surface area contributed by atoms with Gasteiger partial charge in [-0.2, -0.15) is 13.2 Å². The summed E-state index contributed by atoms with van der Waals surface area (Å²) in [5.74, 6) is 0.0476. The SMILES string of the molecule is O=C(NCc1ccccc1)c1ccc(-c2ccc(C(F)(F)F)cc2)o1. The van der Waals surface area contributed by atoms with Crippen LogP contribution in [0.25, 0.3) is 11.3 Å². The third kappa shape index (κ3) is 4.09. The van der Waals surface area contributed by atoms with Crippen LogP contribution in [0, 0.1) is 0 Å². The summed E-state index contributed by atoms with van der Waals surface area (Å²) < 4.78 is 43.2. The first-order valence-corrected chi connectivity index (χ1v) is 7.53. The molecule has 0 bridgehead atoms. The summed E-state index contributed by atoms with van der Waals surface area (Å²) in [6, 6.07) is 17.0. The second-order valence-electron chi connectivity index (χ2n) is 5.41. The van der Waals surface area contributed by atoms with E-state index in [4.69, 9.17) is 4.42 Å². The lowest BCUT2D eigenvalue weighted by atomic mass is 10.1. The Bertz CT molecular complexity index is 852. The second-order valence-corrected chi connectivity index (χ2v) is 5.41. The number of nitrogens with one attached hydrogen (secondary N) is 1. The van der Waals surface area contributed by atoms with Gasteiger partial charge in [-0.15, -0.1) is 0 Å². The Balaban J connectivity index is 1.68. The van der Waals surface area contributed by atoms with E-state index in [0.717, 1.165) is 17.7 Å². The van der Waals surface area contributed by atoms with Gasteiger partial charge in [0.1, 0.15) is 5.76 Å². The first-order chi connectivity index (χ1) is 11.9. The largest absolute Gasteiger partial charge is 0.451 e. The van der Waals surface area contributed by atoms with E-state index in [9.17, 15) is 18.0 Å². The molecule has 2 aromatic carbocycles. The Morgan fingerprint density at radius 1 is 0.920 bits per heavy atom. The van der Waals surface area contributed by atoms with Gasteiger partial charge in [0.15, 0.2) is 5.76 Å². The van der Waals surface area contributed by atoms with Crippen molar-refractivity contribution in [3.8, 4) is 11.3 Å². The van der Waals surface area contributed by atoms with Crippen molar-refractivity contribution in [2.24, 2.45) is 0 Å². The highest BCUT2D eigenvalue weighted by Gasteiger charge is 2.30. The third-order valence-electron chi connectivity index (χ3n) is 3.62. The molecule has 1 aromatic heterocycles. The monoisotopic (exact) mass is 345 g/mol. The molecule has 25 heavy (non-hydrogen) atoms. The molecule has 6 heteroatoms. The number of benzene rings is 2. The van der Waals surface area contributed by atoms with Crippen molar-refractivity contribution in [3.05, 3.63) is 83.6 Å². The van der Waals surface area contributed by atoms with Gasteiger partial charge in [0.05, 0.1) is 5.56 Å². The first-order valence-electron chi connectivity index (χ1n) is 7.53. The maximum absolute atomic E-state index is 12.6. The van der Waals surface area contributed by atoms with Gasteiger partial charge in [0.25, 0.3) is 5.91 Å². The molecule has 0 saturated heterocycles. The average molecular weight is 345 g/mol. The van der Waals surface area contributed by atoms with E-state index in [-0.39, 0.29) is 11.7 Å². The van der Waals surface area contributed by atoms with E-state index >= 15 is 0 Å². The van der Waals surface area contributed by atoms with Crippen molar-refractivity contribution in [2.45, 2.75) is 12.7 Å². The standard InChI is InChI=1S/C19H14F3NO2/c20-19(21,22)15-8-6-14(7-9-15)16-10-11-17(25-16)18(24)23-12-13-4-2-1-3-5-13/h1-11H,12H2,(H,23,24). The number of rotatable bonds is 4. The topological polar surface area (TPSA) is 42.2 Å². The predicted octanol–water partition coefficient (Wildman–Crippen LogP) is 4.90. The Morgan fingerprint density at radius 2 is 1.60 bits per heavy atom. The van der Waals surface area contributed by atoms with E-state index in [1.165, 1.54) is 18.2 Å². The van der Waals surface area contributed by atoms with Crippen LogP contribution in [0.1, 0.15) is 21.7 Å². The van der Waals surface area contributed by atoms with Crippen LogP contribution in [0.15, 0.2) is 71.1 Å². The summed E-state index contributed by atoms with van der Waals surface area (Å²) in [5.41, 5.74) is 0.684. The van der Waals surface area contributed by atoms with E-state index in [0.29, 0.717) is 17.9 Å². The van der Waals surface area contributed by atoms with Crippen LogP contribution in [-0.4, -0.2) is 5.91 Å². The fourth-order valence-corrected chi connectivity index (χ4v) is 2.30. The number of hydrogen-bond acceptors (Lipinski definition) is 2. The van der Waals surface area contributed by atoms with Gasteiger partial charge < -0.3 is 9.73 Å². The molecular formula is C19H14F3NO2. The lowest BCUT2D eigenvalue weighted by Gasteiger charge is -2.06. The number of amides is 1. The lowest BCUT2D eigenvalue weighted by molar-refractivity contribution is -0.137. The molecule has 0 aliphatic heterocycles.